The van der Waals surface area contributed by atoms with E-state index in [0.29, 0.717) is 0 Å². The Morgan fingerprint density at radius 3 is 2.04 bits per heavy atom. The second-order valence-corrected chi connectivity index (χ2v) is 7.33. The molecule has 0 unspecified atom stereocenters. The fourth-order valence-corrected chi connectivity index (χ4v) is 4.40. The van der Waals surface area contributed by atoms with Crippen molar-refractivity contribution in [2.45, 2.75) is 0 Å². The standard InChI is InChI=1S/C28H17/c1-2-9-20-17-27-21(16-19(20)8-1)11-7-15-26(27)28-18-22-10-3-4-12-23(22)24-13-5-6-14-25(24)28/h1-9,11-18H. The Balaban J connectivity index is 1.78. The molecule has 0 fully saturated rings. The minimum Gasteiger partial charge on any atom is -0.0616 e. The lowest BCUT2D eigenvalue weighted by Gasteiger charge is -2.13. The van der Waals surface area contributed by atoms with Gasteiger partial charge in [0, 0.05) is 0 Å². The van der Waals surface area contributed by atoms with Gasteiger partial charge in [0.1, 0.15) is 0 Å². The minimum atomic E-state index is 1.16. The largest absolute Gasteiger partial charge is 0.0616 e. The van der Waals surface area contributed by atoms with Crippen LogP contribution in [0.3, 0.4) is 0 Å². The van der Waals surface area contributed by atoms with Crippen molar-refractivity contribution >= 4 is 43.1 Å². The summed E-state index contributed by atoms with van der Waals surface area (Å²) >= 11 is 0. The van der Waals surface area contributed by atoms with Crippen LogP contribution in [0.4, 0.5) is 0 Å². The molecule has 0 aliphatic rings. The van der Waals surface area contributed by atoms with E-state index in [-0.39, 0.29) is 0 Å². The molecule has 28 heavy (non-hydrogen) atoms. The summed E-state index contributed by atoms with van der Waals surface area (Å²) in [4.78, 5) is 0. The van der Waals surface area contributed by atoms with Crippen molar-refractivity contribution in [3.05, 3.63) is 109 Å². The van der Waals surface area contributed by atoms with Gasteiger partial charge in [0.25, 0.3) is 0 Å². The monoisotopic (exact) mass is 353 g/mol. The van der Waals surface area contributed by atoms with Gasteiger partial charge in [-0.05, 0) is 78.5 Å². The smallest absolute Gasteiger partial charge is 0.00926 e. The molecule has 0 heteroatoms. The number of hydrogen-bond acceptors (Lipinski definition) is 0. The first kappa shape index (κ1) is 15.4. The van der Waals surface area contributed by atoms with Gasteiger partial charge < -0.3 is 0 Å². The number of rotatable bonds is 1. The molecule has 0 saturated carbocycles. The van der Waals surface area contributed by atoms with E-state index in [9.17, 15) is 0 Å². The van der Waals surface area contributed by atoms with E-state index < -0.39 is 0 Å². The van der Waals surface area contributed by atoms with Gasteiger partial charge in [-0.1, -0.05) is 84.9 Å². The third kappa shape index (κ3) is 2.25. The summed E-state index contributed by atoms with van der Waals surface area (Å²) in [6, 6.07) is 40.5. The van der Waals surface area contributed by atoms with Crippen LogP contribution in [0.15, 0.2) is 103 Å². The molecule has 0 aromatic heterocycles. The van der Waals surface area contributed by atoms with Crippen LogP contribution >= 0.6 is 0 Å². The van der Waals surface area contributed by atoms with Gasteiger partial charge in [-0.2, -0.15) is 0 Å². The van der Waals surface area contributed by atoms with Crippen molar-refractivity contribution in [2.75, 3.05) is 0 Å². The van der Waals surface area contributed by atoms with Crippen molar-refractivity contribution in [3.8, 4) is 11.1 Å². The van der Waals surface area contributed by atoms with Crippen molar-refractivity contribution < 1.29 is 0 Å². The van der Waals surface area contributed by atoms with Gasteiger partial charge in [-0.15, -0.1) is 0 Å². The van der Waals surface area contributed by atoms with Crippen molar-refractivity contribution in [2.24, 2.45) is 0 Å². The van der Waals surface area contributed by atoms with Gasteiger partial charge in [-0.3, -0.25) is 0 Å². The van der Waals surface area contributed by atoms with Crippen molar-refractivity contribution in [3.63, 3.8) is 0 Å². The third-order valence-electron chi connectivity index (χ3n) is 5.72. The molecule has 0 N–H and O–H groups in total. The summed E-state index contributed by atoms with van der Waals surface area (Å²) in [5.41, 5.74) is 2.55. The minimum absolute atomic E-state index is 1.16. The summed E-state index contributed by atoms with van der Waals surface area (Å²) < 4.78 is 0. The molecule has 6 aromatic rings. The zero-order chi connectivity index (χ0) is 18.5. The highest BCUT2D eigenvalue weighted by Crippen LogP contribution is 2.38. The lowest BCUT2D eigenvalue weighted by Crippen LogP contribution is -1.87. The van der Waals surface area contributed by atoms with Crippen LogP contribution in [-0.4, -0.2) is 0 Å². The molecule has 129 valence electrons. The molecule has 0 heterocycles. The van der Waals surface area contributed by atoms with Crippen LogP contribution < -0.4 is 0 Å². The zero-order valence-electron chi connectivity index (χ0n) is 15.3. The van der Waals surface area contributed by atoms with Crippen molar-refractivity contribution in [1.82, 2.24) is 0 Å². The lowest BCUT2D eigenvalue weighted by atomic mass is 9.90. The van der Waals surface area contributed by atoms with E-state index in [4.69, 9.17) is 0 Å². The normalized spacial score (nSPS) is 11.6. The van der Waals surface area contributed by atoms with Crippen LogP contribution in [0.2, 0.25) is 0 Å². The number of fused-ring (bicyclic) bond motifs is 5. The maximum absolute atomic E-state index is 3.43. The summed E-state index contributed by atoms with van der Waals surface area (Å²) in [5, 5.41) is 10.1. The fraction of sp³-hybridized carbons (Fsp3) is 0. The average molecular weight is 353 g/mol. The predicted molar refractivity (Wildman–Crippen MR) is 121 cm³/mol. The first-order chi connectivity index (χ1) is 13.9. The molecule has 0 spiro atoms. The maximum atomic E-state index is 3.43. The van der Waals surface area contributed by atoms with Crippen LogP contribution in [0.25, 0.3) is 54.2 Å². The maximum Gasteiger partial charge on any atom is -0.00926 e. The molecule has 0 amide bonds. The average Bonchev–Trinajstić information content (AvgIpc) is 2.77. The molecule has 1 radical (unpaired) electrons. The first-order valence-corrected chi connectivity index (χ1v) is 9.62. The van der Waals surface area contributed by atoms with E-state index >= 15 is 0 Å². The Morgan fingerprint density at radius 2 is 1.14 bits per heavy atom. The Labute approximate surface area is 163 Å². The number of benzene rings is 6. The lowest BCUT2D eigenvalue weighted by molar-refractivity contribution is 1.71. The van der Waals surface area contributed by atoms with Crippen molar-refractivity contribution in [1.29, 1.82) is 0 Å². The summed E-state index contributed by atoms with van der Waals surface area (Å²) in [7, 11) is 0. The molecule has 0 aliphatic heterocycles. The van der Waals surface area contributed by atoms with Crippen LogP contribution in [0.1, 0.15) is 0 Å². The fourth-order valence-electron chi connectivity index (χ4n) is 4.40. The van der Waals surface area contributed by atoms with Crippen LogP contribution in [0, 0.1) is 6.07 Å². The topological polar surface area (TPSA) is 0 Å². The Bertz CT molecular complexity index is 1510. The highest BCUT2D eigenvalue weighted by Gasteiger charge is 2.11. The molecule has 0 saturated heterocycles. The molecular formula is C28H17. The Kier molecular flexibility index (Phi) is 3.27. The molecule has 6 rings (SSSR count). The summed E-state index contributed by atoms with van der Waals surface area (Å²) in [5.74, 6) is 0. The van der Waals surface area contributed by atoms with E-state index in [1.54, 1.807) is 0 Å². The van der Waals surface area contributed by atoms with Crippen LogP contribution in [0.5, 0.6) is 0 Å². The summed E-state index contributed by atoms with van der Waals surface area (Å²) in [6.07, 6.45) is 0. The van der Waals surface area contributed by atoms with E-state index in [0.717, 1.165) is 5.39 Å². The quantitative estimate of drug-likeness (QED) is 0.209. The molecule has 0 aliphatic carbocycles. The molecule has 0 atom stereocenters. The third-order valence-corrected chi connectivity index (χ3v) is 5.72. The van der Waals surface area contributed by atoms with Gasteiger partial charge in [0.05, 0.1) is 0 Å². The van der Waals surface area contributed by atoms with E-state index in [1.807, 2.05) is 6.07 Å². The van der Waals surface area contributed by atoms with E-state index in [1.165, 1.54) is 48.8 Å². The predicted octanol–water partition coefficient (Wildman–Crippen LogP) is 7.77. The van der Waals surface area contributed by atoms with Gasteiger partial charge in [-0.25, -0.2) is 0 Å². The zero-order valence-corrected chi connectivity index (χ0v) is 15.3. The second-order valence-electron chi connectivity index (χ2n) is 7.33. The highest BCUT2D eigenvalue weighted by atomic mass is 14.1. The van der Waals surface area contributed by atoms with Gasteiger partial charge in [0.15, 0.2) is 0 Å². The molecular weight excluding hydrogens is 336 g/mol. The van der Waals surface area contributed by atoms with Gasteiger partial charge in [0.2, 0.25) is 0 Å². The van der Waals surface area contributed by atoms with Gasteiger partial charge >= 0.3 is 0 Å². The summed E-state index contributed by atoms with van der Waals surface area (Å²) in [6.45, 7) is 0. The SMILES string of the molecule is [c]1cccc2c1cc(-c1cccc3cc4ccccc4cc13)c1ccccc12. The highest BCUT2D eigenvalue weighted by molar-refractivity contribution is 6.16. The Morgan fingerprint density at radius 1 is 0.429 bits per heavy atom. The molecule has 6 aromatic carbocycles. The molecule has 0 bridgehead atoms. The van der Waals surface area contributed by atoms with Crippen LogP contribution in [-0.2, 0) is 0 Å². The molecule has 0 nitrogen and oxygen atoms in total. The van der Waals surface area contributed by atoms with E-state index in [2.05, 4.69) is 103 Å². The first-order valence-electron chi connectivity index (χ1n) is 9.62. The Hall–Kier alpha value is -3.64. The number of hydrogen-bond donors (Lipinski definition) is 0. The second kappa shape index (κ2) is 5.94.